The second-order valence-electron chi connectivity index (χ2n) is 8.85. The van der Waals surface area contributed by atoms with Crippen molar-refractivity contribution in [2.45, 2.75) is 70.9 Å². The van der Waals surface area contributed by atoms with Gasteiger partial charge in [-0.3, -0.25) is 4.79 Å². The number of rotatable bonds is 6. The number of anilines is 1. The first-order valence-electron chi connectivity index (χ1n) is 11.5. The van der Waals surface area contributed by atoms with Gasteiger partial charge in [0.2, 0.25) is 5.91 Å². The first kappa shape index (κ1) is 20.0. The molecule has 1 aromatic carbocycles. The van der Waals surface area contributed by atoms with Crippen LogP contribution in [-0.2, 0) is 11.2 Å². The first-order chi connectivity index (χ1) is 15.1. The molecule has 0 atom stereocenters. The molecular weight excluding hydrogens is 388 g/mol. The van der Waals surface area contributed by atoms with E-state index in [1.54, 1.807) is 0 Å². The largest absolute Gasteiger partial charge is 0.367 e. The zero-order valence-corrected chi connectivity index (χ0v) is 18.3. The lowest BCUT2D eigenvalue weighted by Crippen LogP contribution is -2.40. The van der Waals surface area contributed by atoms with Gasteiger partial charge < -0.3 is 10.6 Å². The lowest BCUT2D eigenvalue weighted by Gasteiger charge is -2.30. The Morgan fingerprint density at radius 1 is 1.03 bits per heavy atom. The van der Waals surface area contributed by atoms with Crippen molar-refractivity contribution in [1.29, 1.82) is 0 Å². The molecule has 7 nitrogen and oxygen atoms in total. The number of hydrogen-bond donors (Lipinski definition) is 2. The molecule has 0 saturated heterocycles. The highest BCUT2D eigenvalue weighted by Gasteiger charge is 2.32. The van der Waals surface area contributed by atoms with Crippen LogP contribution in [0, 0.1) is 12.8 Å². The number of aryl methyl sites for hydroxylation is 2. The van der Waals surface area contributed by atoms with E-state index >= 15 is 0 Å². The zero-order chi connectivity index (χ0) is 21.4. The lowest BCUT2D eigenvalue weighted by molar-refractivity contribution is -0.123. The van der Waals surface area contributed by atoms with Crippen LogP contribution < -0.4 is 10.6 Å². The summed E-state index contributed by atoms with van der Waals surface area (Å²) in [7, 11) is 0. The molecule has 0 bridgehead atoms. The van der Waals surface area contributed by atoms with E-state index in [1.807, 2.05) is 41.9 Å². The maximum atomic E-state index is 12.1. The van der Waals surface area contributed by atoms with Crippen LogP contribution in [0.4, 0.5) is 5.82 Å². The zero-order valence-electron chi connectivity index (χ0n) is 18.3. The molecule has 1 amide bonds. The normalized spacial score (nSPS) is 21.2. The van der Waals surface area contributed by atoms with E-state index in [-0.39, 0.29) is 11.8 Å². The molecule has 162 valence electrons. The molecule has 2 aliphatic carbocycles. The summed E-state index contributed by atoms with van der Waals surface area (Å²) in [6.45, 7) is 4.10. The van der Waals surface area contributed by atoms with Gasteiger partial charge in [0.25, 0.3) is 0 Å². The molecule has 3 aromatic rings. The summed E-state index contributed by atoms with van der Waals surface area (Å²) in [5.41, 5.74) is 2.78. The van der Waals surface area contributed by atoms with Crippen LogP contribution in [0.25, 0.3) is 16.7 Å². The van der Waals surface area contributed by atoms with E-state index in [2.05, 4.69) is 17.6 Å². The van der Waals surface area contributed by atoms with Gasteiger partial charge in [0.05, 0.1) is 16.8 Å². The molecule has 0 radical (unpaired) electrons. The third kappa shape index (κ3) is 4.13. The van der Waals surface area contributed by atoms with Crippen LogP contribution in [0.3, 0.4) is 0 Å². The number of nitrogens with zero attached hydrogens (tertiary/aromatic N) is 4. The Labute approximate surface area is 182 Å². The summed E-state index contributed by atoms with van der Waals surface area (Å²) in [4.78, 5) is 21.7. The molecule has 2 aromatic heterocycles. The number of benzene rings is 1. The average Bonchev–Trinajstić information content (AvgIpc) is 3.59. The van der Waals surface area contributed by atoms with Gasteiger partial charge in [-0.15, -0.1) is 0 Å². The summed E-state index contributed by atoms with van der Waals surface area (Å²) in [6, 6.07) is 10.8. The van der Waals surface area contributed by atoms with Crippen molar-refractivity contribution in [3.63, 3.8) is 0 Å². The van der Waals surface area contributed by atoms with Crippen LogP contribution in [0.2, 0.25) is 0 Å². The van der Waals surface area contributed by atoms with Gasteiger partial charge in [-0.05, 0) is 57.6 Å². The van der Waals surface area contributed by atoms with Crippen molar-refractivity contribution in [2.75, 3.05) is 5.32 Å². The summed E-state index contributed by atoms with van der Waals surface area (Å²) >= 11 is 0. The van der Waals surface area contributed by atoms with Crippen LogP contribution in [-0.4, -0.2) is 37.7 Å². The Morgan fingerprint density at radius 3 is 2.42 bits per heavy atom. The highest BCUT2D eigenvalue weighted by Crippen LogP contribution is 2.31. The van der Waals surface area contributed by atoms with Crippen LogP contribution in [0.5, 0.6) is 0 Å². The minimum Gasteiger partial charge on any atom is -0.367 e. The highest BCUT2D eigenvalue weighted by atomic mass is 16.2. The minimum absolute atomic E-state index is 0.255. The number of nitrogens with one attached hydrogen (secondary N) is 2. The Balaban J connectivity index is 1.37. The fraction of sp³-hybridized carbons (Fsp3) is 0.500. The van der Waals surface area contributed by atoms with Gasteiger partial charge in [-0.1, -0.05) is 25.1 Å². The monoisotopic (exact) mass is 418 g/mol. The van der Waals surface area contributed by atoms with E-state index in [0.29, 0.717) is 12.1 Å². The molecule has 2 aliphatic rings. The standard InChI is InChI=1S/C24H30N6O/c1-3-20-27-22(25-17-11-13-18(14-12-17)26-24(31)16-9-10-16)21-15(2)29-30(23(21)28-20)19-7-5-4-6-8-19/h4-8,16-18H,3,9-14H2,1-2H3,(H,26,31)(H,25,27,28). The Hall–Kier alpha value is -2.96. The second-order valence-corrected chi connectivity index (χ2v) is 8.85. The highest BCUT2D eigenvalue weighted by molar-refractivity contribution is 5.90. The second kappa shape index (κ2) is 8.29. The number of carbonyl (C=O) groups is 1. The third-order valence-corrected chi connectivity index (χ3v) is 6.43. The first-order valence-corrected chi connectivity index (χ1v) is 11.5. The van der Waals surface area contributed by atoms with E-state index in [1.165, 1.54) is 0 Å². The molecule has 0 spiro atoms. The van der Waals surface area contributed by atoms with E-state index in [0.717, 1.165) is 79.0 Å². The third-order valence-electron chi connectivity index (χ3n) is 6.43. The van der Waals surface area contributed by atoms with Crippen molar-refractivity contribution < 1.29 is 4.79 Å². The summed E-state index contributed by atoms with van der Waals surface area (Å²) in [6.07, 6.45) is 6.94. The molecule has 2 N–H and O–H groups in total. The predicted molar refractivity (Wildman–Crippen MR) is 121 cm³/mol. The number of para-hydroxylation sites is 1. The number of carbonyl (C=O) groups excluding carboxylic acids is 1. The van der Waals surface area contributed by atoms with Crippen LogP contribution >= 0.6 is 0 Å². The fourth-order valence-corrected chi connectivity index (χ4v) is 4.48. The SMILES string of the molecule is CCc1nc(NC2CCC(NC(=O)C3CC3)CC2)c2c(C)nn(-c3ccccc3)c2n1. The maximum absolute atomic E-state index is 12.1. The van der Waals surface area contributed by atoms with Gasteiger partial charge in [0.1, 0.15) is 11.6 Å². The molecular formula is C24H30N6O. The maximum Gasteiger partial charge on any atom is 0.223 e. The summed E-state index contributed by atoms with van der Waals surface area (Å²) < 4.78 is 1.92. The Kier molecular flexibility index (Phi) is 5.34. The average molecular weight is 419 g/mol. The fourth-order valence-electron chi connectivity index (χ4n) is 4.48. The quantitative estimate of drug-likeness (QED) is 0.633. The van der Waals surface area contributed by atoms with Crippen molar-refractivity contribution in [1.82, 2.24) is 25.1 Å². The predicted octanol–water partition coefficient (Wildman–Crippen LogP) is 3.94. The van der Waals surface area contributed by atoms with E-state index in [4.69, 9.17) is 15.1 Å². The molecule has 31 heavy (non-hydrogen) atoms. The molecule has 0 aliphatic heterocycles. The molecule has 2 saturated carbocycles. The molecule has 7 heteroatoms. The van der Waals surface area contributed by atoms with E-state index < -0.39 is 0 Å². The number of fused-ring (bicyclic) bond motifs is 1. The van der Waals surface area contributed by atoms with Crippen molar-refractivity contribution in [3.8, 4) is 5.69 Å². The van der Waals surface area contributed by atoms with Gasteiger partial charge in [-0.2, -0.15) is 5.10 Å². The van der Waals surface area contributed by atoms with Crippen molar-refractivity contribution >= 4 is 22.8 Å². The van der Waals surface area contributed by atoms with Gasteiger partial charge in [0.15, 0.2) is 5.65 Å². The van der Waals surface area contributed by atoms with Crippen molar-refractivity contribution in [2.24, 2.45) is 5.92 Å². The van der Waals surface area contributed by atoms with Crippen LogP contribution in [0.1, 0.15) is 57.0 Å². The lowest BCUT2D eigenvalue weighted by atomic mass is 9.91. The topological polar surface area (TPSA) is 84.7 Å². The van der Waals surface area contributed by atoms with Gasteiger partial charge >= 0.3 is 0 Å². The summed E-state index contributed by atoms with van der Waals surface area (Å²) in [5.74, 6) is 2.23. The molecule has 2 fully saturated rings. The molecule has 0 unspecified atom stereocenters. The molecule has 2 heterocycles. The summed E-state index contributed by atoms with van der Waals surface area (Å²) in [5, 5.41) is 12.7. The minimum atomic E-state index is 0.255. The van der Waals surface area contributed by atoms with Crippen molar-refractivity contribution in [3.05, 3.63) is 41.9 Å². The van der Waals surface area contributed by atoms with Gasteiger partial charge in [-0.25, -0.2) is 14.6 Å². The molecule has 5 rings (SSSR count). The Morgan fingerprint density at radius 2 is 1.74 bits per heavy atom. The van der Waals surface area contributed by atoms with Crippen LogP contribution in [0.15, 0.2) is 30.3 Å². The van der Waals surface area contributed by atoms with E-state index in [9.17, 15) is 4.79 Å². The smallest absolute Gasteiger partial charge is 0.223 e. The Bertz CT molecular complexity index is 1080. The number of aromatic nitrogens is 4. The van der Waals surface area contributed by atoms with Gasteiger partial charge in [0, 0.05) is 24.4 Å². The number of hydrogen-bond acceptors (Lipinski definition) is 5. The number of amides is 1.